The number of nitrogens with one attached hydrogen (secondary N) is 1. The first-order chi connectivity index (χ1) is 11.1. The Morgan fingerprint density at radius 3 is 2.35 bits per heavy atom. The van der Waals surface area contributed by atoms with Crippen LogP contribution in [0.3, 0.4) is 0 Å². The molecule has 2 aromatic carbocycles. The van der Waals surface area contributed by atoms with Gasteiger partial charge >= 0.3 is 0 Å². The summed E-state index contributed by atoms with van der Waals surface area (Å²) in [7, 11) is 0. The molecular weight excluding hydrogens is 298 g/mol. The fraction of sp³-hybridized carbons (Fsp3) is 0.125. The topological polar surface area (TPSA) is 102 Å². The summed E-state index contributed by atoms with van der Waals surface area (Å²) in [5.74, 6) is -0.470. The van der Waals surface area contributed by atoms with Crippen molar-refractivity contribution in [2.24, 2.45) is 0 Å². The van der Waals surface area contributed by atoms with Crippen molar-refractivity contribution in [1.82, 2.24) is 4.98 Å². The second kappa shape index (κ2) is 5.88. The molecule has 0 bridgehead atoms. The monoisotopic (exact) mass is 311 g/mol. The maximum absolute atomic E-state index is 11.1. The van der Waals surface area contributed by atoms with Gasteiger partial charge in [-0.3, -0.25) is 20.2 Å². The number of para-hydroxylation sites is 1. The van der Waals surface area contributed by atoms with Crippen molar-refractivity contribution in [3.8, 4) is 0 Å². The molecule has 7 nitrogen and oxygen atoms in total. The van der Waals surface area contributed by atoms with Crippen molar-refractivity contribution >= 4 is 16.6 Å². The molecular formula is C16H13N3O4. The smallest absolute Gasteiger partial charge is 0.269 e. The van der Waals surface area contributed by atoms with Crippen LogP contribution in [0, 0.1) is 20.2 Å². The first-order valence-electron chi connectivity index (χ1n) is 6.98. The van der Waals surface area contributed by atoms with Crippen molar-refractivity contribution in [1.29, 1.82) is 0 Å². The van der Waals surface area contributed by atoms with Gasteiger partial charge in [0.1, 0.15) is 0 Å². The molecule has 0 aliphatic carbocycles. The number of rotatable bonds is 5. The summed E-state index contributed by atoms with van der Waals surface area (Å²) in [4.78, 5) is 24.1. The Kier molecular flexibility index (Phi) is 3.76. The lowest BCUT2D eigenvalue weighted by atomic mass is 9.91. The predicted octanol–water partition coefficient (Wildman–Crippen LogP) is 3.48. The largest absolute Gasteiger partial charge is 0.361 e. The lowest BCUT2D eigenvalue weighted by Crippen LogP contribution is -2.13. The van der Waals surface area contributed by atoms with E-state index in [9.17, 15) is 20.2 Å². The van der Waals surface area contributed by atoms with Gasteiger partial charge in [0.15, 0.2) is 0 Å². The summed E-state index contributed by atoms with van der Waals surface area (Å²) in [6.07, 6.45) is 1.76. The zero-order valence-electron chi connectivity index (χ0n) is 12.0. The van der Waals surface area contributed by atoms with Crippen molar-refractivity contribution in [3.05, 3.63) is 86.1 Å². The molecule has 0 saturated carbocycles. The molecule has 1 heterocycles. The summed E-state index contributed by atoms with van der Waals surface area (Å²) in [6, 6.07) is 13.5. The van der Waals surface area contributed by atoms with E-state index in [1.807, 2.05) is 24.3 Å². The van der Waals surface area contributed by atoms with Gasteiger partial charge in [0, 0.05) is 34.2 Å². The molecule has 1 N–H and O–H groups in total. The minimum Gasteiger partial charge on any atom is -0.361 e. The highest BCUT2D eigenvalue weighted by Gasteiger charge is 2.23. The Bertz CT molecular complexity index is 870. The highest BCUT2D eigenvalue weighted by Crippen LogP contribution is 2.31. The number of aromatic amines is 1. The van der Waals surface area contributed by atoms with E-state index in [1.165, 1.54) is 12.1 Å². The molecule has 0 unspecified atom stereocenters. The van der Waals surface area contributed by atoms with Crippen LogP contribution >= 0.6 is 0 Å². The van der Waals surface area contributed by atoms with Crippen LogP contribution in [0.25, 0.3) is 10.9 Å². The average molecular weight is 311 g/mol. The van der Waals surface area contributed by atoms with Gasteiger partial charge in [-0.2, -0.15) is 0 Å². The van der Waals surface area contributed by atoms with E-state index >= 15 is 0 Å². The Labute approximate surface area is 130 Å². The Hall–Kier alpha value is -3.22. The van der Waals surface area contributed by atoms with Gasteiger partial charge < -0.3 is 4.98 Å². The van der Waals surface area contributed by atoms with E-state index in [0.717, 1.165) is 16.5 Å². The molecule has 23 heavy (non-hydrogen) atoms. The summed E-state index contributed by atoms with van der Waals surface area (Å²) in [5, 5.41) is 22.7. The number of benzene rings is 2. The lowest BCUT2D eigenvalue weighted by Gasteiger charge is -2.12. The van der Waals surface area contributed by atoms with E-state index in [-0.39, 0.29) is 17.2 Å². The molecule has 3 rings (SSSR count). The highest BCUT2D eigenvalue weighted by molar-refractivity contribution is 5.84. The van der Waals surface area contributed by atoms with Crippen LogP contribution < -0.4 is 0 Å². The molecule has 0 saturated heterocycles. The minimum atomic E-state index is -0.488. The third kappa shape index (κ3) is 2.89. The molecule has 7 heteroatoms. The number of H-pyrrole nitrogens is 1. The molecule has 1 atom stereocenters. The third-order valence-electron chi connectivity index (χ3n) is 3.83. The predicted molar refractivity (Wildman–Crippen MR) is 85.1 cm³/mol. The number of nitrogens with zero attached hydrogens (tertiary/aromatic N) is 2. The number of non-ortho nitro benzene ring substituents is 1. The van der Waals surface area contributed by atoms with Crippen molar-refractivity contribution in [3.63, 3.8) is 0 Å². The number of nitro benzene ring substituents is 1. The second-order valence-electron chi connectivity index (χ2n) is 5.21. The zero-order valence-corrected chi connectivity index (χ0v) is 12.0. The van der Waals surface area contributed by atoms with Crippen LogP contribution in [0.5, 0.6) is 0 Å². The summed E-state index contributed by atoms with van der Waals surface area (Å²) >= 11 is 0. The molecule has 0 radical (unpaired) electrons. The van der Waals surface area contributed by atoms with Crippen LogP contribution in [0.2, 0.25) is 0 Å². The Balaban J connectivity index is 2.07. The van der Waals surface area contributed by atoms with Crippen LogP contribution in [0.15, 0.2) is 54.7 Å². The molecule has 0 aliphatic rings. The number of hydrogen-bond acceptors (Lipinski definition) is 4. The standard InChI is InChI=1S/C16H13N3O4/c20-18(21)10-15(11-5-7-12(8-6-11)19(22)23)14-9-17-16-4-2-1-3-13(14)16/h1-9,15,17H,10H2/t15-/m0/s1. The molecule has 0 fully saturated rings. The van der Waals surface area contributed by atoms with Crippen LogP contribution in [0.4, 0.5) is 5.69 Å². The summed E-state index contributed by atoms with van der Waals surface area (Å²) in [5.41, 5.74) is 2.36. The maximum Gasteiger partial charge on any atom is 0.269 e. The van der Waals surface area contributed by atoms with E-state index in [0.29, 0.717) is 5.56 Å². The molecule has 0 amide bonds. The normalized spacial score (nSPS) is 12.2. The van der Waals surface area contributed by atoms with Crippen LogP contribution in [-0.4, -0.2) is 21.4 Å². The summed E-state index contributed by atoms with van der Waals surface area (Å²) < 4.78 is 0. The number of fused-ring (bicyclic) bond motifs is 1. The number of nitro groups is 2. The van der Waals surface area contributed by atoms with E-state index in [2.05, 4.69) is 4.98 Å². The lowest BCUT2D eigenvalue weighted by molar-refractivity contribution is -0.481. The SMILES string of the molecule is O=[N+]([O-])C[C@@H](c1ccc([N+](=O)[O-])cc1)c1c[nH]c2ccccc12. The average Bonchev–Trinajstić information content (AvgIpc) is 2.96. The second-order valence-corrected chi connectivity index (χ2v) is 5.21. The molecule has 0 aliphatic heterocycles. The van der Waals surface area contributed by atoms with Crippen molar-refractivity contribution in [2.75, 3.05) is 6.54 Å². The Morgan fingerprint density at radius 2 is 1.70 bits per heavy atom. The molecule has 3 aromatic rings. The van der Waals surface area contributed by atoms with Gasteiger partial charge in [-0.1, -0.05) is 30.3 Å². The van der Waals surface area contributed by atoms with E-state index in [4.69, 9.17) is 0 Å². The molecule has 0 spiro atoms. The summed E-state index contributed by atoms with van der Waals surface area (Å²) in [6.45, 7) is -0.278. The highest BCUT2D eigenvalue weighted by atomic mass is 16.6. The fourth-order valence-corrected chi connectivity index (χ4v) is 2.74. The first kappa shape index (κ1) is 14.7. The Morgan fingerprint density at radius 1 is 1.00 bits per heavy atom. The third-order valence-corrected chi connectivity index (χ3v) is 3.83. The minimum absolute atomic E-state index is 0.0347. The van der Waals surface area contributed by atoms with Crippen LogP contribution in [0.1, 0.15) is 17.0 Å². The van der Waals surface area contributed by atoms with Gasteiger partial charge in [-0.05, 0) is 17.2 Å². The number of hydrogen-bond donors (Lipinski definition) is 1. The molecule has 1 aromatic heterocycles. The zero-order chi connectivity index (χ0) is 16.4. The van der Waals surface area contributed by atoms with E-state index in [1.54, 1.807) is 18.3 Å². The van der Waals surface area contributed by atoms with Crippen molar-refractivity contribution < 1.29 is 9.85 Å². The fourth-order valence-electron chi connectivity index (χ4n) is 2.74. The maximum atomic E-state index is 11.1. The van der Waals surface area contributed by atoms with Gasteiger partial charge in [-0.15, -0.1) is 0 Å². The van der Waals surface area contributed by atoms with Crippen LogP contribution in [-0.2, 0) is 0 Å². The van der Waals surface area contributed by atoms with Gasteiger partial charge in [0.05, 0.1) is 10.8 Å². The van der Waals surface area contributed by atoms with Gasteiger partial charge in [-0.25, -0.2) is 0 Å². The van der Waals surface area contributed by atoms with Gasteiger partial charge in [0.25, 0.3) is 5.69 Å². The van der Waals surface area contributed by atoms with Gasteiger partial charge in [0.2, 0.25) is 6.54 Å². The van der Waals surface area contributed by atoms with Crippen molar-refractivity contribution in [2.45, 2.75) is 5.92 Å². The number of aromatic nitrogens is 1. The van der Waals surface area contributed by atoms with E-state index < -0.39 is 10.8 Å². The first-order valence-corrected chi connectivity index (χ1v) is 6.98. The quantitative estimate of drug-likeness (QED) is 0.575. The molecule has 116 valence electrons.